The molecule has 2 N–H and O–H groups in total. The molecule has 0 radical (unpaired) electrons. The number of hydrogen-bond donors (Lipinski definition) is 2. The molecule has 0 saturated carbocycles. The second kappa shape index (κ2) is 5.40. The normalized spacial score (nSPS) is 10.7. The first-order valence-corrected chi connectivity index (χ1v) is 4.78. The van der Waals surface area contributed by atoms with Crippen LogP contribution >= 0.6 is 0 Å². The van der Waals surface area contributed by atoms with Gasteiger partial charge < -0.3 is 10.4 Å². The molecule has 0 bridgehead atoms. The molecule has 0 aromatic carbocycles. The molecular weight excluding hydrogens is 198 g/mol. The minimum absolute atomic E-state index is 0.0710. The number of amides is 1. The summed E-state index contributed by atoms with van der Waals surface area (Å²) < 4.78 is 1.46. The standard InChI is InChI=1S/C8H15N5O2/c1-6(2)8-10-11-12-13(8)5-7(15)9-3-4-14/h6,14H,3-5H2,1-2H3,(H,9,15). The van der Waals surface area contributed by atoms with Gasteiger partial charge in [0.25, 0.3) is 0 Å². The van der Waals surface area contributed by atoms with Crippen LogP contribution in [0.4, 0.5) is 0 Å². The second-order valence-electron chi connectivity index (χ2n) is 3.42. The monoisotopic (exact) mass is 213 g/mol. The Bertz CT molecular complexity index is 323. The van der Waals surface area contributed by atoms with Crippen LogP contribution in [0.1, 0.15) is 25.6 Å². The fourth-order valence-electron chi connectivity index (χ4n) is 1.12. The van der Waals surface area contributed by atoms with Gasteiger partial charge in [-0.25, -0.2) is 4.68 Å². The van der Waals surface area contributed by atoms with E-state index >= 15 is 0 Å². The molecule has 7 heteroatoms. The molecule has 1 rings (SSSR count). The van der Waals surface area contributed by atoms with E-state index in [0.717, 1.165) is 0 Å². The van der Waals surface area contributed by atoms with Crippen LogP contribution in [0.5, 0.6) is 0 Å². The summed E-state index contributed by atoms with van der Waals surface area (Å²) in [7, 11) is 0. The van der Waals surface area contributed by atoms with Gasteiger partial charge in [-0.05, 0) is 10.4 Å². The van der Waals surface area contributed by atoms with Crippen LogP contribution in [0.3, 0.4) is 0 Å². The van der Waals surface area contributed by atoms with Crippen LogP contribution in [0, 0.1) is 0 Å². The first-order valence-electron chi connectivity index (χ1n) is 4.78. The highest BCUT2D eigenvalue weighted by Gasteiger charge is 2.12. The Morgan fingerprint density at radius 3 is 2.93 bits per heavy atom. The number of nitrogens with zero attached hydrogens (tertiary/aromatic N) is 4. The number of hydrogen-bond acceptors (Lipinski definition) is 5. The fraction of sp³-hybridized carbons (Fsp3) is 0.750. The Morgan fingerprint density at radius 1 is 1.60 bits per heavy atom. The van der Waals surface area contributed by atoms with Gasteiger partial charge in [-0.15, -0.1) is 5.10 Å². The lowest BCUT2D eigenvalue weighted by Gasteiger charge is -2.06. The van der Waals surface area contributed by atoms with Crippen molar-refractivity contribution in [3.63, 3.8) is 0 Å². The van der Waals surface area contributed by atoms with Gasteiger partial charge in [0.2, 0.25) is 5.91 Å². The minimum Gasteiger partial charge on any atom is -0.395 e. The van der Waals surface area contributed by atoms with Crippen LogP contribution < -0.4 is 5.32 Å². The topological polar surface area (TPSA) is 92.9 Å². The number of aliphatic hydroxyl groups excluding tert-OH is 1. The Hall–Kier alpha value is -1.50. The zero-order valence-corrected chi connectivity index (χ0v) is 8.84. The van der Waals surface area contributed by atoms with Crippen molar-refractivity contribution in [3.8, 4) is 0 Å². The lowest BCUT2D eigenvalue weighted by Crippen LogP contribution is -2.31. The van der Waals surface area contributed by atoms with E-state index in [2.05, 4.69) is 20.8 Å². The first kappa shape index (κ1) is 11.6. The van der Waals surface area contributed by atoms with Gasteiger partial charge in [-0.2, -0.15) is 0 Å². The van der Waals surface area contributed by atoms with E-state index < -0.39 is 0 Å². The molecule has 1 amide bonds. The van der Waals surface area contributed by atoms with Crippen molar-refractivity contribution in [3.05, 3.63) is 5.82 Å². The van der Waals surface area contributed by atoms with E-state index in [1.165, 1.54) is 4.68 Å². The number of aliphatic hydroxyl groups is 1. The van der Waals surface area contributed by atoms with E-state index in [4.69, 9.17) is 5.11 Å². The molecule has 84 valence electrons. The van der Waals surface area contributed by atoms with Crippen molar-refractivity contribution in [1.29, 1.82) is 0 Å². The Labute approximate surface area is 87.5 Å². The molecule has 1 aromatic heterocycles. The summed E-state index contributed by atoms with van der Waals surface area (Å²) in [6.45, 7) is 4.17. The van der Waals surface area contributed by atoms with Gasteiger partial charge >= 0.3 is 0 Å². The molecule has 0 fully saturated rings. The second-order valence-corrected chi connectivity index (χ2v) is 3.42. The largest absolute Gasteiger partial charge is 0.395 e. The van der Waals surface area contributed by atoms with Crippen LogP contribution in [0.2, 0.25) is 0 Å². The fourth-order valence-corrected chi connectivity index (χ4v) is 1.12. The maximum atomic E-state index is 11.3. The lowest BCUT2D eigenvalue weighted by molar-refractivity contribution is -0.122. The van der Waals surface area contributed by atoms with Crippen molar-refractivity contribution >= 4 is 5.91 Å². The zero-order chi connectivity index (χ0) is 11.3. The van der Waals surface area contributed by atoms with Crippen molar-refractivity contribution in [2.24, 2.45) is 0 Å². The Balaban J connectivity index is 2.56. The van der Waals surface area contributed by atoms with E-state index in [1.807, 2.05) is 13.8 Å². The van der Waals surface area contributed by atoms with Gasteiger partial charge in [0, 0.05) is 12.5 Å². The summed E-state index contributed by atoms with van der Waals surface area (Å²) in [6.07, 6.45) is 0. The predicted molar refractivity (Wildman–Crippen MR) is 52.0 cm³/mol. The molecule has 0 atom stereocenters. The van der Waals surface area contributed by atoms with E-state index in [-0.39, 0.29) is 31.5 Å². The first-order chi connectivity index (χ1) is 7.15. The number of carbonyl (C=O) groups excluding carboxylic acids is 1. The summed E-state index contributed by atoms with van der Waals surface area (Å²) in [5, 5.41) is 22.1. The number of carbonyl (C=O) groups is 1. The highest BCUT2D eigenvalue weighted by molar-refractivity contribution is 5.75. The number of tetrazole rings is 1. The molecule has 0 aliphatic heterocycles. The molecule has 1 heterocycles. The summed E-state index contributed by atoms with van der Waals surface area (Å²) in [5.74, 6) is 0.637. The zero-order valence-electron chi connectivity index (χ0n) is 8.84. The highest BCUT2D eigenvalue weighted by Crippen LogP contribution is 2.08. The molecule has 0 aliphatic carbocycles. The average Bonchev–Trinajstić information content (AvgIpc) is 2.62. The Morgan fingerprint density at radius 2 is 2.33 bits per heavy atom. The quantitative estimate of drug-likeness (QED) is 0.648. The van der Waals surface area contributed by atoms with Gasteiger partial charge in [-0.1, -0.05) is 13.8 Å². The van der Waals surface area contributed by atoms with Crippen LogP contribution in [-0.2, 0) is 11.3 Å². The van der Waals surface area contributed by atoms with Gasteiger partial charge in [0.15, 0.2) is 5.82 Å². The average molecular weight is 213 g/mol. The third kappa shape index (κ3) is 3.28. The molecule has 0 spiro atoms. The highest BCUT2D eigenvalue weighted by atomic mass is 16.3. The molecule has 15 heavy (non-hydrogen) atoms. The third-order valence-electron chi connectivity index (χ3n) is 1.80. The van der Waals surface area contributed by atoms with Gasteiger partial charge in [0.1, 0.15) is 6.54 Å². The number of aromatic nitrogens is 4. The van der Waals surface area contributed by atoms with Crippen LogP contribution in [0.15, 0.2) is 0 Å². The summed E-state index contributed by atoms with van der Waals surface area (Å²) >= 11 is 0. The predicted octanol–water partition coefficient (Wildman–Crippen LogP) is -1.09. The number of rotatable bonds is 5. The minimum atomic E-state index is -0.210. The van der Waals surface area contributed by atoms with Crippen LogP contribution in [-0.4, -0.2) is 44.4 Å². The van der Waals surface area contributed by atoms with E-state index in [9.17, 15) is 4.79 Å². The molecule has 0 unspecified atom stereocenters. The third-order valence-corrected chi connectivity index (χ3v) is 1.80. The molecular formula is C8H15N5O2. The summed E-state index contributed by atoms with van der Waals surface area (Å²) in [5.41, 5.74) is 0. The summed E-state index contributed by atoms with van der Waals surface area (Å²) in [4.78, 5) is 11.3. The van der Waals surface area contributed by atoms with Crippen molar-refractivity contribution in [2.45, 2.75) is 26.3 Å². The SMILES string of the molecule is CC(C)c1nnnn1CC(=O)NCCO. The lowest BCUT2D eigenvalue weighted by atomic mass is 10.2. The maximum Gasteiger partial charge on any atom is 0.241 e. The summed E-state index contributed by atoms with van der Waals surface area (Å²) in [6, 6.07) is 0. The van der Waals surface area contributed by atoms with E-state index in [0.29, 0.717) is 5.82 Å². The Kier molecular flexibility index (Phi) is 4.17. The molecule has 0 saturated heterocycles. The van der Waals surface area contributed by atoms with Gasteiger partial charge in [-0.3, -0.25) is 4.79 Å². The van der Waals surface area contributed by atoms with Crippen molar-refractivity contribution in [2.75, 3.05) is 13.2 Å². The molecule has 1 aromatic rings. The smallest absolute Gasteiger partial charge is 0.241 e. The van der Waals surface area contributed by atoms with E-state index in [1.54, 1.807) is 0 Å². The maximum absolute atomic E-state index is 11.3. The number of nitrogens with one attached hydrogen (secondary N) is 1. The van der Waals surface area contributed by atoms with Crippen molar-refractivity contribution < 1.29 is 9.90 Å². The molecule has 0 aliphatic rings. The van der Waals surface area contributed by atoms with Crippen LogP contribution in [0.25, 0.3) is 0 Å². The van der Waals surface area contributed by atoms with Crippen molar-refractivity contribution in [1.82, 2.24) is 25.5 Å². The molecule has 7 nitrogen and oxygen atoms in total. The van der Waals surface area contributed by atoms with Gasteiger partial charge in [0.05, 0.1) is 6.61 Å².